The van der Waals surface area contributed by atoms with Gasteiger partial charge in [0.2, 0.25) is 0 Å². The molecule has 0 unspecified atom stereocenters. The molecule has 8 nitrogen and oxygen atoms in total. The van der Waals surface area contributed by atoms with Crippen LogP contribution in [0.15, 0.2) is 64.8 Å². The van der Waals surface area contributed by atoms with Crippen molar-refractivity contribution in [2.24, 2.45) is 16.6 Å². The van der Waals surface area contributed by atoms with Crippen LogP contribution < -0.4 is 15.9 Å². The van der Waals surface area contributed by atoms with Crippen LogP contribution in [0.3, 0.4) is 0 Å². The minimum Gasteiger partial charge on any atom is -0.491 e. The minimum absolute atomic E-state index is 0.158. The summed E-state index contributed by atoms with van der Waals surface area (Å²) in [6, 6.07) is 11.3. The van der Waals surface area contributed by atoms with Crippen molar-refractivity contribution in [1.29, 1.82) is 0 Å². The molecule has 148 valence electrons. The Morgan fingerprint density at radius 2 is 2.10 bits per heavy atom. The number of nitrogens with zero attached hydrogens (tertiary/aromatic N) is 5. The zero-order chi connectivity index (χ0) is 20.2. The molecule has 0 radical (unpaired) electrons. The van der Waals surface area contributed by atoms with E-state index in [-0.39, 0.29) is 16.9 Å². The molecule has 1 saturated carbocycles. The lowest BCUT2D eigenvalue weighted by molar-refractivity contribution is 0.406. The summed E-state index contributed by atoms with van der Waals surface area (Å²) in [5.41, 5.74) is 7.62. The second-order valence-electron chi connectivity index (χ2n) is 6.81. The number of aromatic nitrogens is 4. The summed E-state index contributed by atoms with van der Waals surface area (Å²) in [5, 5.41) is 8.87. The van der Waals surface area contributed by atoms with E-state index in [1.165, 1.54) is 37.0 Å². The van der Waals surface area contributed by atoms with Gasteiger partial charge in [-0.25, -0.2) is 9.36 Å². The maximum Gasteiger partial charge on any atom is 0.251 e. The van der Waals surface area contributed by atoms with Crippen LogP contribution in [0.5, 0.6) is 5.75 Å². The van der Waals surface area contributed by atoms with E-state index in [9.17, 15) is 4.79 Å². The van der Waals surface area contributed by atoms with E-state index in [0.29, 0.717) is 17.3 Å². The molecule has 0 atom stereocenters. The van der Waals surface area contributed by atoms with Crippen molar-refractivity contribution in [2.45, 2.75) is 12.8 Å². The van der Waals surface area contributed by atoms with E-state index < -0.39 is 0 Å². The molecule has 2 N–H and O–H groups in total. The molecule has 29 heavy (non-hydrogen) atoms. The van der Waals surface area contributed by atoms with Gasteiger partial charge in [0.25, 0.3) is 5.43 Å². The molecule has 1 fully saturated rings. The molecular weight excluding hydrogens is 368 g/mol. The van der Waals surface area contributed by atoms with Gasteiger partial charge in [0.15, 0.2) is 11.4 Å². The monoisotopic (exact) mass is 390 g/mol. The summed E-state index contributed by atoms with van der Waals surface area (Å²) in [6.07, 6.45) is 8.66. The first-order valence-electron chi connectivity index (χ1n) is 9.41. The second-order valence-corrected chi connectivity index (χ2v) is 6.81. The average Bonchev–Trinajstić information content (AvgIpc) is 3.45. The third kappa shape index (κ3) is 3.96. The van der Waals surface area contributed by atoms with Crippen LogP contribution in [0.1, 0.15) is 12.8 Å². The highest BCUT2D eigenvalue weighted by atomic mass is 16.5. The van der Waals surface area contributed by atoms with Gasteiger partial charge in [0, 0.05) is 19.0 Å². The normalized spacial score (nSPS) is 14.4. The summed E-state index contributed by atoms with van der Waals surface area (Å²) in [4.78, 5) is 17.4. The number of methoxy groups -OCH3 is 1. The van der Waals surface area contributed by atoms with E-state index in [1.54, 1.807) is 23.2 Å². The quantitative estimate of drug-likeness (QED) is 0.624. The maximum atomic E-state index is 12.9. The number of benzene rings is 1. The third-order valence-corrected chi connectivity index (χ3v) is 4.71. The number of rotatable bonds is 7. The number of para-hydroxylation sites is 1. The SMILES string of the molecule is COc1cn(C(C=NCC2CC2)=CN)nc(-c2ccnn2-c2ccccc2)c1=O. The number of hydrogen-bond donors (Lipinski definition) is 1. The molecule has 0 aliphatic heterocycles. The van der Waals surface area contributed by atoms with Crippen LogP contribution in [-0.2, 0) is 0 Å². The molecule has 1 aromatic carbocycles. The van der Waals surface area contributed by atoms with Crippen molar-refractivity contribution in [1.82, 2.24) is 19.6 Å². The van der Waals surface area contributed by atoms with Crippen LogP contribution in [0.2, 0.25) is 0 Å². The fourth-order valence-corrected chi connectivity index (χ4v) is 2.95. The second kappa shape index (κ2) is 8.14. The lowest BCUT2D eigenvalue weighted by Crippen LogP contribution is -2.19. The summed E-state index contributed by atoms with van der Waals surface area (Å²) < 4.78 is 8.48. The first-order valence-corrected chi connectivity index (χ1v) is 9.41. The Morgan fingerprint density at radius 1 is 1.31 bits per heavy atom. The highest BCUT2D eigenvalue weighted by Gasteiger charge is 2.20. The highest BCUT2D eigenvalue weighted by molar-refractivity contribution is 6.01. The average molecular weight is 390 g/mol. The van der Waals surface area contributed by atoms with E-state index in [2.05, 4.69) is 15.2 Å². The van der Waals surface area contributed by atoms with Crippen LogP contribution in [0.4, 0.5) is 0 Å². The number of nitrogens with two attached hydrogens (primary N) is 1. The summed E-state index contributed by atoms with van der Waals surface area (Å²) in [7, 11) is 1.45. The molecule has 0 spiro atoms. The van der Waals surface area contributed by atoms with E-state index in [0.717, 1.165) is 12.2 Å². The van der Waals surface area contributed by atoms with Gasteiger partial charge < -0.3 is 10.5 Å². The largest absolute Gasteiger partial charge is 0.491 e. The fraction of sp³-hybridized carbons (Fsp3) is 0.238. The van der Waals surface area contributed by atoms with Crippen molar-refractivity contribution in [2.75, 3.05) is 13.7 Å². The predicted molar refractivity (Wildman–Crippen MR) is 112 cm³/mol. The molecule has 0 bridgehead atoms. The van der Waals surface area contributed by atoms with E-state index >= 15 is 0 Å². The van der Waals surface area contributed by atoms with Crippen molar-refractivity contribution in [3.8, 4) is 22.8 Å². The zero-order valence-electron chi connectivity index (χ0n) is 16.1. The topological polar surface area (TPSA) is 100 Å². The highest BCUT2D eigenvalue weighted by Crippen LogP contribution is 2.28. The van der Waals surface area contributed by atoms with Crippen LogP contribution in [0.25, 0.3) is 22.8 Å². The number of allylic oxidation sites excluding steroid dienone is 1. The number of aliphatic imine (C=N–C) groups is 1. The maximum absolute atomic E-state index is 12.9. The Morgan fingerprint density at radius 3 is 2.79 bits per heavy atom. The summed E-state index contributed by atoms with van der Waals surface area (Å²) in [5.74, 6) is 0.823. The minimum atomic E-state index is -0.326. The van der Waals surface area contributed by atoms with Gasteiger partial charge in [0.05, 0.1) is 36.6 Å². The molecule has 8 heteroatoms. The first-order chi connectivity index (χ1) is 14.2. The van der Waals surface area contributed by atoms with Crippen LogP contribution in [0, 0.1) is 5.92 Å². The standard InChI is InChI=1S/C21H22N6O2/c1-29-19-14-26(17(11-22)13-23-12-15-7-8-15)25-20(21(19)28)18-9-10-24-27(18)16-5-3-2-4-6-16/h2-6,9-11,13-15H,7-8,12,22H2,1H3. The number of hydrogen-bond acceptors (Lipinski definition) is 6. The van der Waals surface area contributed by atoms with Crippen LogP contribution in [-0.4, -0.2) is 39.4 Å². The number of ether oxygens (including phenoxy) is 1. The van der Waals surface area contributed by atoms with Gasteiger partial charge in [-0.3, -0.25) is 9.79 Å². The van der Waals surface area contributed by atoms with E-state index in [1.807, 2.05) is 30.3 Å². The Hall–Kier alpha value is -3.68. The first kappa shape index (κ1) is 18.7. The summed E-state index contributed by atoms with van der Waals surface area (Å²) >= 11 is 0. The Kier molecular flexibility index (Phi) is 5.24. The molecule has 3 aromatic rings. The van der Waals surface area contributed by atoms with Crippen molar-refractivity contribution >= 4 is 11.9 Å². The Bertz CT molecular complexity index is 1110. The lowest BCUT2D eigenvalue weighted by atomic mass is 10.2. The molecule has 1 aliphatic carbocycles. The molecule has 2 heterocycles. The smallest absolute Gasteiger partial charge is 0.251 e. The van der Waals surface area contributed by atoms with Gasteiger partial charge >= 0.3 is 0 Å². The zero-order valence-corrected chi connectivity index (χ0v) is 16.1. The molecule has 1 aliphatic rings. The third-order valence-electron chi connectivity index (χ3n) is 4.71. The molecule has 4 rings (SSSR count). The van der Waals surface area contributed by atoms with Crippen molar-refractivity contribution < 1.29 is 4.74 Å². The van der Waals surface area contributed by atoms with Crippen molar-refractivity contribution in [3.05, 3.63) is 65.2 Å². The molecule has 0 amide bonds. The van der Waals surface area contributed by atoms with E-state index in [4.69, 9.17) is 10.5 Å². The van der Waals surface area contributed by atoms with Gasteiger partial charge in [-0.05, 0) is 37.0 Å². The van der Waals surface area contributed by atoms with Gasteiger partial charge in [-0.2, -0.15) is 10.2 Å². The predicted octanol–water partition coefficient (Wildman–Crippen LogP) is 2.34. The Labute approximate surface area is 168 Å². The molecular formula is C21H22N6O2. The Balaban J connectivity index is 1.78. The summed E-state index contributed by atoms with van der Waals surface area (Å²) in [6.45, 7) is 0.766. The fourth-order valence-electron chi connectivity index (χ4n) is 2.95. The molecule has 2 aromatic heterocycles. The van der Waals surface area contributed by atoms with Gasteiger partial charge in [0.1, 0.15) is 0 Å². The molecule has 0 saturated heterocycles. The van der Waals surface area contributed by atoms with Crippen molar-refractivity contribution in [3.63, 3.8) is 0 Å². The van der Waals surface area contributed by atoms with Crippen LogP contribution >= 0.6 is 0 Å². The lowest BCUT2D eigenvalue weighted by Gasteiger charge is -2.12. The van der Waals surface area contributed by atoms with Gasteiger partial charge in [-0.15, -0.1) is 0 Å². The van der Waals surface area contributed by atoms with Gasteiger partial charge in [-0.1, -0.05) is 18.2 Å².